The SMILES string of the molecule is CC(C)(C)OC(=O)N1C[C@H]2C[C@@H]1CC2N. The standard InChI is InChI=1S/C11H20N2O2/c1-11(2,3)15-10(14)13-6-7-4-8(13)5-9(7)12/h7-9H,4-6,12H2,1-3H3/t7-,8-,9?/m1/s1. The molecule has 1 heterocycles. The predicted molar refractivity (Wildman–Crippen MR) is 57.4 cm³/mol. The molecule has 2 fully saturated rings. The number of rotatable bonds is 0. The van der Waals surface area contributed by atoms with Crippen molar-refractivity contribution in [2.75, 3.05) is 6.54 Å². The van der Waals surface area contributed by atoms with E-state index in [0.29, 0.717) is 12.0 Å². The van der Waals surface area contributed by atoms with Crippen molar-refractivity contribution in [3.63, 3.8) is 0 Å². The molecule has 0 aromatic rings. The van der Waals surface area contributed by atoms with E-state index in [4.69, 9.17) is 10.5 Å². The molecule has 2 aliphatic rings. The maximum absolute atomic E-state index is 11.8. The topological polar surface area (TPSA) is 55.6 Å². The van der Waals surface area contributed by atoms with Crippen molar-refractivity contribution in [2.45, 2.75) is 51.3 Å². The highest BCUT2D eigenvalue weighted by molar-refractivity contribution is 5.69. The predicted octanol–water partition coefficient (Wildman–Crippen LogP) is 1.34. The van der Waals surface area contributed by atoms with Crippen molar-refractivity contribution < 1.29 is 9.53 Å². The van der Waals surface area contributed by atoms with Gasteiger partial charge in [0.2, 0.25) is 0 Å². The molecular formula is C11H20N2O2. The number of nitrogens with two attached hydrogens (primary N) is 1. The first-order valence-electron chi connectivity index (χ1n) is 5.62. The van der Waals surface area contributed by atoms with E-state index in [0.717, 1.165) is 19.4 Å². The molecule has 1 saturated carbocycles. The van der Waals surface area contributed by atoms with E-state index in [2.05, 4.69) is 0 Å². The molecule has 1 aliphatic carbocycles. The lowest BCUT2D eigenvalue weighted by molar-refractivity contribution is 0.0183. The first-order chi connectivity index (χ1) is 6.87. The molecule has 0 spiro atoms. The van der Waals surface area contributed by atoms with Gasteiger partial charge in [0, 0.05) is 18.6 Å². The first kappa shape index (κ1) is 10.7. The molecule has 0 aromatic carbocycles. The monoisotopic (exact) mass is 212 g/mol. The number of fused-ring (bicyclic) bond motifs is 2. The summed E-state index contributed by atoms with van der Waals surface area (Å²) in [5.74, 6) is 0.488. The summed E-state index contributed by atoms with van der Waals surface area (Å²) in [5, 5.41) is 0. The zero-order valence-corrected chi connectivity index (χ0v) is 9.69. The lowest BCUT2D eigenvalue weighted by atomic mass is 10.0. The van der Waals surface area contributed by atoms with E-state index < -0.39 is 5.60 Å². The molecule has 1 saturated heterocycles. The largest absolute Gasteiger partial charge is 0.444 e. The molecule has 1 unspecified atom stereocenters. The van der Waals surface area contributed by atoms with Gasteiger partial charge in [0.25, 0.3) is 0 Å². The minimum atomic E-state index is -0.402. The van der Waals surface area contributed by atoms with Gasteiger partial charge in [-0.3, -0.25) is 0 Å². The Morgan fingerprint density at radius 2 is 2.07 bits per heavy atom. The van der Waals surface area contributed by atoms with Gasteiger partial charge in [-0.15, -0.1) is 0 Å². The number of amides is 1. The fraction of sp³-hybridized carbons (Fsp3) is 0.909. The molecule has 0 aromatic heterocycles. The highest BCUT2D eigenvalue weighted by Crippen LogP contribution is 2.37. The highest BCUT2D eigenvalue weighted by atomic mass is 16.6. The van der Waals surface area contributed by atoms with E-state index in [-0.39, 0.29) is 12.1 Å². The van der Waals surface area contributed by atoms with Crippen LogP contribution in [0.5, 0.6) is 0 Å². The number of carbonyl (C=O) groups is 1. The van der Waals surface area contributed by atoms with Crippen molar-refractivity contribution in [3.8, 4) is 0 Å². The number of carbonyl (C=O) groups excluding carboxylic acids is 1. The van der Waals surface area contributed by atoms with E-state index >= 15 is 0 Å². The Bertz CT molecular complexity index is 270. The van der Waals surface area contributed by atoms with Crippen molar-refractivity contribution in [3.05, 3.63) is 0 Å². The summed E-state index contributed by atoms with van der Waals surface area (Å²) in [7, 11) is 0. The van der Waals surface area contributed by atoms with Crippen LogP contribution >= 0.6 is 0 Å². The smallest absolute Gasteiger partial charge is 0.410 e. The molecule has 3 atom stereocenters. The lowest BCUT2D eigenvalue weighted by Crippen LogP contribution is -2.46. The number of piperidine rings is 1. The highest BCUT2D eigenvalue weighted by Gasteiger charge is 2.46. The minimum absolute atomic E-state index is 0.179. The van der Waals surface area contributed by atoms with Crippen molar-refractivity contribution >= 4 is 6.09 Å². The molecule has 2 rings (SSSR count). The van der Waals surface area contributed by atoms with Crippen LogP contribution in [0.25, 0.3) is 0 Å². The maximum Gasteiger partial charge on any atom is 0.410 e. The Balaban J connectivity index is 1.94. The Kier molecular flexibility index (Phi) is 2.41. The normalized spacial score (nSPS) is 34.7. The second-order valence-electron chi connectivity index (χ2n) is 5.68. The van der Waals surface area contributed by atoms with Crippen LogP contribution in [-0.2, 0) is 4.74 Å². The van der Waals surface area contributed by atoms with Gasteiger partial charge in [0.1, 0.15) is 5.60 Å². The Morgan fingerprint density at radius 3 is 2.47 bits per heavy atom. The molecule has 4 nitrogen and oxygen atoms in total. The van der Waals surface area contributed by atoms with Crippen molar-refractivity contribution in [1.82, 2.24) is 4.90 Å². The second kappa shape index (κ2) is 3.37. The average Bonchev–Trinajstić information content (AvgIpc) is 2.58. The van der Waals surface area contributed by atoms with Crippen LogP contribution in [-0.4, -0.2) is 35.2 Å². The summed E-state index contributed by atoms with van der Waals surface area (Å²) in [6, 6.07) is 0.605. The maximum atomic E-state index is 11.8. The summed E-state index contributed by atoms with van der Waals surface area (Å²) in [5.41, 5.74) is 5.53. The van der Waals surface area contributed by atoms with Gasteiger partial charge >= 0.3 is 6.09 Å². The Hall–Kier alpha value is -0.770. The molecule has 0 radical (unpaired) electrons. The second-order valence-corrected chi connectivity index (χ2v) is 5.68. The van der Waals surface area contributed by atoms with Gasteiger partial charge in [0.05, 0.1) is 0 Å². The van der Waals surface area contributed by atoms with E-state index in [1.807, 2.05) is 25.7 Å². The molecule has 2 N–H and O–H groups in total. The molecule has 15 heavy (non-hydrogen) atoms. The van der Waals surface area contributed by atoms with Crippen LogP contribution in [0.2, 0.25) is 0 Å². The quantitative estimate of drug-likeness (QED) is 0.659. The molecular weight excluding hydrogens is 192 g/mol. The van der Waals surface area contributed by atoms with Crippen molar-refractivity contribution in [2.24, 2.45) is 11.7 Å². The van der Waals surface area contributed by atoms with Gasteiger partial charge in [-0.1, -0.05) is 0 Å². The van der Waals surface area contributed by atoms with Crippen LogP contribution in [0.3, 0.4) is 0 Å². The summed E-state index contributed by atoms with van der Waals surface area (Å²) in [6.07, 6.45) is 1.81. The van der Waals surface area contributed by atoms with Crippen LogP contribution in [0.1, 0.15) is 33.6 Å². The zero-order chi connectivity index (χ0) is 11.2. The van der Waals surface area contributed by atoms with Crippen LogP contribution in [0.4, 0.5) is 4.79 Å². The summed E-state index contributed by atoms with van der Waals surface area (Å²) >= 11 is 0. The third kappa shape index (κ3) is 2.09. The number of hydrogen-bond donors (Lipinski definition) is 1. The van der Waals surface area contributed by atoms with Gasteiger partial charge < -0.3 is 15.4 Å². The van der Waals surface area contributed by atoms with Gasteiger partial charge in [-0.25, -0.2) is 4.79 Å². The van der Waals surface area contributed by atoms with Crippen LogP contribution in [0, 0.1) is 5.92 Å². The van der Waals surface area contributed by atoms with E-state index in [9.17, 15) is 4.79 Å². The number of likely N-dealkylation sites (tertiary alicyclic amines) is 1. The van der Waals surface area contributed by atoms with E-state index in [1.54, 1.807) is 0 Å². The van der Waals surface area contributed by atoms with Gasteiger partial charge in [-0.05, 0) is 39.5 Å². The number of ether oxygens (including phenoxy) is 1. The minimum Gasteiger partial charge on any atom is -0.444 e. The molecule has 4 heteroatoms. The third-order valence-electron chi connectivity index (χ3n) is 3.22. The summed E-state index contributed by atoms with van der Waals surface area (Å²) in [4.78, 5) is 13.7. The summed E-state index contributed by atoms with van der Waals surface area (Å²) in [6.45, 7) is 6.46. The number of hydrogen-bond acceptors (Lipinski definition) is 3. The van der Waals surface area contributed by atoms with E-state index in [1.165, 1.54) is 0 Å². The number of nitrogens with zero attached hydrogens (tertiary/aromatic N) is 1. The van der Waals surface area contributed by atoms with Crippen LogP contribution < -0.4 is 5.73 Å². The van der Waals surface area contributed by atoms with Gasteiger partial charge in [0.15, 0.2) is 0 Å². The zero-order valence-electron chi connectivity index (χ0n) is 9.69. The fourth-order valence-electron chi connectivity index (χ4n) is 2.54. The molecule has 1 amide bonds. The van der Waals surface area contributed by atoms with Gasteiger partial charge in [-0.2, -0.15) is 0 Å². The third-order valence-corrected chi connectivity index (χ3v) is 3.22. The molecule has 86 valence electrons. The Morgan fingerprint density at radius 1 is 1.40 bits per heavy atom. The Labute approximate surface area is 90.8 Å². The molecule has 1 aliphatic heterocycles. The fourth-order valence-corrected chi connectivity index (χ4v) is 2.54. The van der Waals surface area contributed by atoms with Crippen LogP contribution in [0.15, 0.2) is 0 Å². The first-order valence-corrected chi connectivity index (χ1v) is 5.62. The summed E-state index contributed by atoms with van der Waals surface area (Å²) < 4.78 is 5.36. The average molecular weight is 212 g/mol. The molecule has 2 bridgehead atoms. The lowest BCUT2D eigenvalue weighted by Gasteiger charge is -2.31. The van der Waals surface area contributed by atoms with Crippen molar-refractivity contribution in [1.29, 1.82) is 0 Å².